The van der Waals surface area contributed by atoms with Gasteiger partial charge in [0, 0.05) is 16.5 Å². The van der Waals surface area contributed by atoms with Gasteiger partial charge in [-0.25, -0.2) is 4.98 Å². The Morgan fingerprint density at radius 3 is 2.48 bits per heavy atom. The monoisotopic (exact) mass is 345 g/mol. The van der Waals surface area contributed by atoms with Gasteiger partial charge in [0.25, 0.3) is 0 Å². The van der Waals surface area contributed by atoms with Gasteiger partial charge in [0.15, 0.2) is 5.78 Å². The second-order valence-corrected chi connectivity index (χ2v) is 5.94. The van der Waals surface area contributed by atoms with Crippen molar-refractivity contribution in [1.82, 2.24) is 4.98 Å². The van der Waals surface area contributed by atoms with Crippen molar-refractivity contribution in [3.63, 3.8) is 0 Å². The van der Waals surface area contributed by atoms with Crippen LogP contribution in [0.4, 0.5) is 0 Å². The summed E-state index contributed by atoms with van der Waals surface area (Å²) < 4.78 is 5.23. The molecule has 0 spiro atoms. The van der Waals surface area contributed by atoms with E-state index in [4.69, 9.17) is 27.9 Å². The summed E-state index contributed by atoms with van der Waals surface area (Å²) in [5.74, 6) is 0.649. The number of rotatable bonds is 3. The Balaban J connectivity index is 2.26. The number of aromatic nitrogens is 1. The molecule has 0 unspecified atom stereocenters. The van der Waals surface area contributed by atoms with Crippen LogP contribution in [-0.2, 0) is 0 Å². The van der Waals surface area contributed by atoms with Crippen LogP contribution in [0.5, 0.6) is 5.75 Å². The molecular weight excluding hydrogens is 333 g/mol. The number of ether oxygens (including phenoxy) is 1. The van der Waals surface area contributed by atoms with E-state index in [1.54, 1.807) is 25.3 Å². The molecule has 0 saturated carbocycles. The molecule has 0 aliphatic heterocycles. The molecule has 1 heterocycles. The average Bonchev–Trinajstić information content (AvgIpc) is 2.55. The number of pyridine rings is 1. The standard InChI is InChI=1S/C18H13Cl2NO2/c1-10(22)13-9-18(11-3-5-15(19)16(20)7-11)21-17-6-4-12(23-2)8-14(13)17/h3-9H,1-2H3. The number of carbonyl (C=O) groups is 1. The second-order valence-electron chi connectivity index (χ2n) is 5.12. The molecule has 1 aromatic heterocycles. The summed E-state index contributed by atoms with van der Waals surface area (Å²) >= 11 is 12.0. The van der Waals surface area contributed by atoms with E-state index >= 15 is 0 Å². The van der Waals surface area contributed by atoms with Crippen LogP contribution in [0.1, 0.15) is 17.3 Å². The summed E-state index contributed by atoms with van der Waals surface area (Å²) in [6, 6.07) is 12.5. The number of halogens is 2. The third-order valence-corrected chi connectivity index (χ3v) is 4.35. The van der Waals surface area contributed by atoms with Crippen molar-refractivity contribution in [2.24, 2.45) is 0 Å². The number of nitrogens with zero attached hydrogens (tertiary/aromatic N) is 1. The Labute approximate surface area is 143 Å². The molecule has 0 atom stereocenters. The zero-order valence-corrected chi connectivity index (χ0v) is 14.1. The first-order valence-electron chi connectivity index (χ1n) is 6.95. The minimum atomic E-state index is -0.0352. The molecule has 0 saturated heterocycles. The topological polar surface area (TPSA) is 39.2 Å². The van der Waals surface area contributed by atoms with Gasteiger partial charge < -0.3 is 4.74 Å². The molecule has 0 fully saturated rings. The molecule has 3 nitrogen and oxygen atoms in total. The van der Waals surface area contributed by atoms with Gasteiger partial charge in [0.05, 0.1) is 28.4 Å². The van der Waals surface area contributed by atoms with Crippen LogP contribution >= 0.6 is 23.2 Å². The molecule has 0 aliphatic rings. The number of carbonyl (C=O) groups excluding carboxylic acids is 1. The maximum atomic E-state index is 12.0. The number of ketones is 1. The number of hydrogen-bond donors (Lipinski definition) is 0. The van der Waals surface area contributed by atoms with Crippen LogP contribution in [0.25, 0.3) is 22.2 Å². The highest BCUT2D eigenvalue weighted by atomic mass is 35.5. The van der Waals surface area contributed by atoms with E-state index in [9.17, 15) is 4.79 Å². The van der Waals surface area contributed by atoms with Crippen LogP contribution < -0.4 is 4.74 Å². The first-order chi connectivity index (χ1) is 11.0. The van der Waals surface area contributed by atoms with Crippen LogP contribution in [0, 0.1) is 0 Å². The molecule has 3 aromatic rings. The molecule has 0 amide bonds. The highest BCUT2D eigenvalue weighted by Crippen LogP contribution is 2.31. The van der Waals surface area contributed by atoms with Gasteiger partial charge >= 0.3 is 0 Å². The van der Waals surface area contributed by atoms with Crippen molar-refractivity contribution in [2.45, 2.75) is 6.92 Å². The third-order valence-electron chi connectivity index (χ3n) is 3.61. The number of hydrogen-bond acceptors (Lipinski definition) is 3. The first-order valence-corrected chi connectivity index (χ1v) is 7.70. The smallest absolute Gasteiger partial charge is 0.160 e. The number of methoxy groups -OCH3 is 1. The molecule has 3 rings (SSSR count). The predicted octanol–water partition coefficient (Wildman–Crippen LogP) is 5.42. The van der Waals surface area contributed by atoms with Crippen LogP contribution in [0.15, 0.2) is 42.5 Å². The molecule has 23 heavy (non-hydrogen) atoms. The van der Waals surface area contributed by atoms with Gasteiger partial charge in [0.2, 0.25) is 0 Å². The molecule has 116 valence electrons. The zero-order chi connectivity index (χ0) is 16.6. The quantitative estimate of drug-likeness (QED) is 0.595. The fraction of sp³-hybridized carbons (Fsp3) is 0.111. The van der Waals surface area contributed by atoms with Crippen LogP contribution in [0.3, 0.4) is 0 Å². The minimum absolute atomic E-state index is 0.0352. The average molecular weight is 346 g/mol. The predicted molar refractivity (Wildman–Crippen MR) is 93.8 cm³/mol. The summed E-state index contributed by atoms with van der Waals surface area (Å²) in [5.41, 5.74) is 2.79. The van der Waals surface area contributed by atoms with E-state index in [1.807, 2.05) is 24.3 Å². The van der Waals surface area contributed by atoms with E-state index in [0.717, 1.165) is 16.5 Å². The summed E-state index contributed by atoms with van der Waals surface area (Å²) in [4.78, 5) is 16.7. The van der Waals surface area contributed by atoms with Crippen molar-refractivity contribution in [2.75, 3.05) is 7.11 Å². The van der Waals surface area contributed by atoms with Crippen LogP contribution in [0.2, 0.25) is 10.0 Å². The SMILES string of the molecule is COc1ccc2nc(-c3ccc(Cl)c(Cl)c3)cc(C(C)=O)c2c1. The number of benzene rings is 2. The maximum absolute atomic E-state index is 12.0. The lowest BCUT2D eigenvalue weighted by atomic mass is 10.0. The van der Waals surface area contributed by atoms with Crippen molar-refractivity contribution in [3.05, 3.63) is 58.1 Å². The normalized spacial score (nSPS) is 10.8. The van der Waals surface area contributed by atoms with Crippen molar-refractivity contribution >= 4 is 39.9 Å². The van der Waals surface area contributed by atoms with E-state index in [0.29, 0.717) is 27.1 Å². The van der Waals surface area contributed by atoms with E-state index < -0.39 is 0 Å². The molecule has 5 heteroatoms. The van der Waals surface area contributed by atoms with Gasteiger partial charge in [-0.1, -0.05) is 29.3 Å². The first kappa shape index (κ1) is 15.8. The maximum Gasteiger partial charge on any atom is 0.160 e. The zero-order valence-electron chi connectivity index (χ0n) is 12.6. The second kappa shape index (κ2) is 6.19. The number of Topliss-reactive ketones (excluding diaryl/α,β-unsaturated/α-hetero) is 1. The summed E-state index contributed by atoms with van der Waals surface area (Å²) in [6.07, 6.45) is 0. The molecule has 2 aromatic carbocycles. The Morgan fingerprint density at radius 2 is 1.83 bits per heavy atom. The van der Waals surface area contributed by atoms with Crippen molar-refractivity contribution < 1.29 is 9.53 Å². The van der Waals surface area contributed by atoms with Gasteiger partial charge in [-0.2, -0.15) is 0 Å². The molecule has 0 radical (unpaired) electrons. The minimum Gasteiger partial charge on any atom is -0.497 e. The van der Waals surface area contributed by atoms with E-state index in [2.05, 4.69) is 4.98 Å². The van der Waals surface area contributed by atoms with E-state index in [1.165, 1.54) is 6.92 Å². The van der Waals surface area contributed by atoms with Crippen LogP contribution in [-0.4, -0.2) is 17.9 Å². The van der Waals surface area contributed by atoms with Gasteiger partial charge in [0.1, 0.15) is 5.75 Å². The lowest BCUT2D eigenvalue weighted by Gasteiger charge is -2.10. The van der Waals surface area contributed by atoms with Crippen molar-refractivity contribution in [1.29, 1.82) is 0 Å². The van der Waals surface area contributed by atoms with Gasteiger partial charge in [-0.3, -0.25) is 4.79 Å². The Hall–Kier alpha value is -2.10. The highest BCUT2D eigenvalue weighted by Gasteiger charge is 2.12. The summed E-state index contributed by atoms with van der Waals surface area (Å²) in [7, 11) is 1.59. The highest BCUT2D eigenvalue weighted by molar-refractivity contribution is 6.42. The Kier molecular flexibility index (Phi) is 4.24. The Bertz CT molecular complexity index is 922. The fourth-order valence-corrected chi connectivity index (χ4v) is 2.72. The lowest BCUT2D eigenvalue weighted by Crippen LogP contribution is -1.98. The summed E-state index contributed by atoms with van der Waals surface area (Å²) in [6.45, 7) is 1.53. The van der Waals surface area contributed by atoms with Crippen molar-refractivity contribution in [3.8, 4) is 17.0 Å². The summed E-state index contributed by atoms with van der Waals surface area (Å²) in [5, 5.41) is 1.69. The van der Waals surface area contributed by atoms with E-state index in [-0.39, 0.29) is 5.78 Å². The molecule has 0 bridgehead atoms. The molecular formula is C18H13Cl2NO2. The van der Waals surface area contributed by atoms with Gasteiger partial charge in [-0.05, 0) is 43.3 Å². The number of fused-ring (bicyclic) bond motifs is 1. The third kappa shape index (κ3) is 3.03. The largest absolute Gasteiger partial charge is 0.497 e. The fourth-order valence-electron chi connectivity index (χ4n) is 2.43. The molecule has 0 N–H and O–H groups in total. The Morgan fingerprint density at radius 1 is 1.04 bits per heavy atom. The van der Waals surface area contributed by atoms with Gasteiger partial charge in [-0.15, -0.1) is 0 Å². The molecule has 0 aliphatic carbocycles. The lowest BCUT2D eigenvalue weighted by molar-refractivity contribution is 0.101.